The third-order valence-corrected chi connectivity index (χ3v) is 22.9. The number of benzene rings is 8. The minimum Gasteiger partial charge on any atom is -0.0622 e. The Morgan fingerprint density at radius 1 is 0.549 bits per heavy atom. The molecule has 2 saturated heterocycles. The van der Waals surface area contributed by atoms with Gasteiger partial charge in [0.25, 0.3) is 11.8 Å². The van der Waals surface area contributed by atoms with Gasteiger partial charge in [-0.25, -0.2) is 19.0 Å². The molecule has 0 bridgehead atoms. The minimum absolute atomic E-state index is 0.106. The van der Waals surface area contributed by atoms with E-state index in [1.54, 1.807) is 25.7 Å². The number of carbonyl (C=O) groups excluding carboxylic acids is 4. The molecule has 2 aromatic heterocycles. The summed E-state index contributed by atoms with van der Waals surface area (Å²) in [6, 6.07) is 80.0. The number of ether oxygens (including phenoxy) is 2. The van der Waals surface area contributed by atoms with Crippen LogP contribution in [-0.4, -0.2) is 115 Å². The standard InChI is InChI=1S/C23H25N3O4.2C18H15P.C16H17BrN2O2.C7H9NO2.2ClH.Pd/c1-4-30-21(27)20-19-15(2)8-9-18(19)26(24-20)17-7-5-6-16(14-17)10-11-23(29)12-13-25(3)22(23)28;2*1-4-10-16(11-5-1)19(17-12-6-2-7-13-17)18-14-8-3-9-15-18;1-3-21-16(20)15-14-10(2)7-8-13(14)19(18-15)12-6-4-5-11(17)9-12;1-3-7(10)4-5-8(2)6(7)9;;;/h5-7,14-15,29H,4,8-9,12-13H2,1-3H3;2*1-15H;4-6,9-10H,3,7-8H2,1-2H3;1,10H,4-5H2,2H3;2*1H;/q;;;;;;;+2/p-2/t15?,23-;;;;7-;;;/m0...0.../s1. The van der Waals surface area contributed by atoms with Crippen LogP contribution >= 0.6 is 50.8 Å². The Hall–Kier alpha value is -8.32. The first-order valence-electron chi connectivity index (χ1n) is 33.5. The molecular weight excluding hydrogens is 1520 g/mol. The average Bonchev–Trinajstić information content (AvgIpc) is 1.61. The van der Waals surface area contributed by atoms with E-state index in [4.69, 9.17) is 35.0 Å². The van der Waals surface area contributed by atoms with Crippen molar-refractivity contribution in [3.63, 3.8) is 0 Å². The number of nitrogens with zero attached hydrogens (tertiary/aromatic N) is 6. The summed E-state index contributed by atoms with van der Waals surface area (Å²) >= 11 is 3.37. The van der Waals surface area contributed by atoms with Crippen LogP contribution in [0, 0.1) is 24.2 Å². The monoisotopic (exact) mass is 1590 g/mol. The van der Waals surface area contributed by atoms with E-state index in [1.165, 1.54) is 41.6 Å². The zero-order chi connectivity index (χ0) is 72.8. The predicted molar refractivity (Wildman–Crippen MR) is 412 cm³/mol. The molecule has 14 rings (SSSR count). The molecule has 4 aliphatic rings. The maximum Gasteiger partial charge on any atom is -0.0134 e. The number of hydrogen-bond donors (Lipinski definition) is 2. The number of rotatable bonds is 12. The Balaban J connectivity index is 0.000000151. The predicted octanol–water partition coefficient (Wildman–Crippen LogP) is 13.4. The molecule has 528 valence electrons. The first-order valence-corrected chi connectivity index (χ1v) is 41.0. The largest absolute Gasteiger partial charge is 0.0622 e. The Bertz CT molecular complexity index is 4240. The minimum atomic E-state index is -1.63. The zero-order valence-electron chi connectivity index (χ0n) is 57.6. The van der Waals surface area contributed by atoms with Crippen LogP contribution in [0.15, 0.2) is 235 Å². The number of amides is 2. The summed E-state index contributed by atoms with van der Waals surface area (Å²) in [7, 11) is 12.0. The van der Waals surface area contributed by atoms with Crippen LogP contribution in [0.3, 0.4) is 0 Å². The van der Waals surface area contributed by atoms with E-state index >= 15 is 0 Å². The van der Waals surface area contributed by atoms with E-state index in [0.717, 1.165) is 64.0 Å². The van der Waals surface area contributed by atoms with Gasteiger partial charge in [0.05, 0.1) is 24.6 Å². The second-order valence-electron chi connectivity index (χ2n) is 24.4. The van der Waals surface area contributed by atoms with Crippen molar-refractivity contribution in [2.24, 2.45) is 0 Å². The van der Waals surface area contributed by atoms with Gasteiger partial charge in [0, 0.05) is 72.6 Å². The molecule has 0 spiro atoms. The second-order valence-corrected chi connectivity index (χ2v) is 32.1. The Kier molecular flexibility index (Phi) is 28.8. The molecule has 2 aliphatic heterocycles. The van der Waals surface area contributed by atoms with E-state index < -0.39 is 33.0 Å². The molecule has 2 fully saturated rings. The molecule has 2 unspecified atom stereocenters. The number of carbonyl (C=O) groups is 4. The van der Waals surface area contributed by atoms with Crippen LogP contribution in [0.4, 0.5) is 0 Å². The Morgan fingerprint density at radius 3 is 1.19 bits per heavy atom. The fourth-order valence-electron chi connectivity index (χ4n) is 12.4. The van der Waals surface area contributed by atoms with Gasteiger partial charge < -0.3 is 29.5 Å². The van der Waals surface area contributed by atoms with Crippen molar-refractivity contribution in [2.45, 2.75) is 89.3 Å². The van der Waals surface area contributed by atoms with Crippen molar-refractivity contribution in [2.75, 3.05) is 40.4 Å². The number of esters is 2. The Morgan fingerprint density at radius 2 is 0.882 bits per heavy atom. The van der Waals surface area contributed by atoms with Crippen LogP contribution in [0.5, 0.6) is 0 Å². The topological polar surface area (TPSA) is 169 Å². The van der Waals surface area contributed by atoms with Gasteiger partial charge >= 0.3 is 46.9 Å². The van der Waals surface area contributed by atoms with Crippen LogP contribution in [0.2, 0.25) is 0 Å². The van der Waals surface area contributed by atoms with Gasteiger partial charge in [0.15, 0.2) is 11.4 Å². The number of likely N-dealkylation sites (N-methyl/N-ethyl adjacent to an activating group) is 2. The number of halogens is 3. The van der Waals surface area contributed by atoms with Crippen molar-refractivity contribution < 1.29 is 54.8 Å². The molecule has 0 radical (unpaired) electrons. The maximum absolute atomic E-state index is 12.4. The Labute approximate surface area is 625 Å². The number of terminal acetylenes is 1. The summed E-state index contributed by atoms with van der Waals surface area (Å²) in [5.74, 6) is 6.90. The van der Waals surface area contributed by atoms with E-state index in [9.17, 15) is 29.4 Å². The van der Waals surface area contributed by atoms with Crippen LogP contribution in [-0.2, 0) is 47.8 Å². The molecular formula is C82H81BrCl2N6O8P2Pd. The molecule has 2 aliphatic carbocycles. The summed E-state index contributed by atoms with van der Waals surface area (Å²) < 4.78 is 15.0. The molecule has 4 atom stereocenters. The zero-order valence-corrected chi connectivity index (χ0v) is 64.1. The summed E-state index contributed by atoms with van der Waals surface area (Å²) in [5, 5.41) is 37.3. The van der Waals surface area contributed by atoms with Crippen molar-refractivity contribution in [3.05, 3.63) is 274 Å². The number of fused-ring (bicyclic) bond motifs is 2. The van der Waals surface area contributed by atoms with Crippen molar-refractivity contribution in [1.29, 1.82) is 0 Å². The first-order chi connectivity index (χ1) is 49.4. The first kappa shape index (κ1) is 77.8. The summed E-state index contributed by atoms with van der Waals surface area (Å²) in [6.07, 6.45) is 9.40. The van der Waals surface area contributed by atoms with Gasteiger partial charge in [-0.3, -0.25) is 9.59 Å². The van der Waals surface area contributed by atoms with E-state index in [-0.39, 0.29) is 39.6 Å². The molecule has 10 aromatic rings. The van der Waals surface area contributed by atoms with E-state index in [1.807, 2.05) is 60.1 Å². The number of aromatic nitrogens is 4. The van der Waals surface area contributed by atoms with Gasteiger partial charge in [0.2, 0.25) is 11.2 Å². The normalized spacial score (nSPS) is 17.5. The molecule has 2 N–H and O–H groups in total. The van der Waals surface area contributed by atoms with Gasteiger partial charge in [0.1, 0.15) is 0 Å². The van der Waals surface area contributed by atoms with Crippen LogP contribution in [0.1, 0.15) is 114 Å². The van der Waals surface area contributed by atoms with Gasteiger partial charge in [-0.15, -0.1) is 6.42 Å². The van der Waals surface area contributed by atoms with Crippen LogP contribution < -0.4 is 31.8 Å². The van der Waals surface area contributed by atoms with Crippen molar-refractivity contribution in [3.8, 4) is 35.6 Å². The smallest absolute Gasteiger partial charge is 0.0134 e. The summed E-state index contributed by atoms with van der Waals surface area (Å²) in [5.41, 5.74) is 4.25. The number of likely N-dealkylation sites (tertiary alicyclic amines) is 2. The SMILES string of the molecule is C#C[C@]1(O)CCN(C)C1=O.CCOC(=O)c1nn(-c2cccc(Br)c2)c2c1C(C)CC2.CCOC(=O)c1nn(-c2cccc(C#C[C@]3(O)CCN(C)C3=O)c2)c2c1C(C)CC2.[Cl][Pd][Cl].c1ccc(P(c2ccccc2)c2ccccc2)cc1.c1ccc(P(c2ccccc2)c2ccccc2)cc1. The third kappa shape index (κ3) is 19.5. The quantitative estimate of drug-likeness (QED) is 0.0519. The fourth-order valence-corrected chi connectivity index (χ4v) is 17.4. The molecule has 14 nitrogen and oxygen atoms in total. The van der Waals surface area contributed by atoms with Crippen LogP contribution in [0.25, 0.3) is 11.4 Å². The molecule has 8 aromatic carbocycles. The van der Waals surface area contributed by atoms with Gasteiger partial charge in [-0.05, 0) is 135 Å². The number of aliphatic hydroxyl groups is 2. The second kappa shape index (κ2) is 37.7. The van der Waals surface area contributed by atoms with Crippen molar-refractivity contribution in [1.82, 2.24) is 29.4 Å². The molecule has 0 saturated carbocycles. The third-order valence-electron chi connectivity index (χ3n) is 17.5. The molecule has 4 heterocycles. The molecule has 20 heteroatoms. The summed E-state index contributed by atoms with van der Waals surface area (Å²) in [6.45, 7) is 9.52. The molecule has 2 amide bonds. The van der Waals surface area contributed by atoms with Gasteiger partial charge in [-0.2, -0.15) is 10.2 Å². The summed E-state index contributed by atoms with van der Waals surface area (Å²) in [4.78, 5) is 50.6. The van der Waals surface area contributed by atoms with Crippen molar-refractivity contribution >= 4 is 106 Å². The van der Waals surface area contributed by atoms with E-state index in [2.05, 4.69) is 240 Å². The van der Waals surface area contributed by atoms with E-state index in [0.29, 0.717) is 62.0 Å². The van der Waals surface area contributed by atoms with Gasteiger partial charge in [-0.1, -0.05) is 242 Å². The average molecular weight is 1600 g/mol. The molecule has 102 heavy (non-hydrogen) atoms. The number of hydrogen-bond acceptors (Lipinski definition) is 10. The fraction of sp³-hybridized carbons (Fsp3) is 0.244. The maximum atomic E-state index is 12.4.